The zero-order valence-corrected chi connectivity index (χ0v) is 28.9. The number of aromatic nitrogens is 1. The van der Waals surface area contributed by atoms with Crippen molar-refractivity contribution in [2.75, 3.05) is 0 Å². The van der Waals surface area contributed by atoms with Crippen molar-refractivity contribution < 1.29 is 4.74 Å². The van der Waals surface area contributed by atoms with Crippen molar-refractivity contribution in [1.82, 2.24) is 4.57 Å². The van der Waals surface area contributed by atoms with Gasteiger partial charge in [0.1, 0.15) is 11.5 Å². The Morgan fingerprint density at radius 1 is 0.562 bits per heavy atom. The fourth-order valence-electron chi connectivity index (χ4n) is 8.13. The number of hydrogen-bond donors (Lipinski definition) is 0. The maximum absolute atomic E-state index is 6.97. The zero-order chi connectivity index (χ0) is 33.1. The fraction of sp³-hybridized carbons (Fsp3) is 0.200. The molecule has 2 nitrogen and oxygen atoms in total. The molecule has 0 saturated carbocycles. The van der Waals surface area contributed by atoms with E-state index < -0.39 is 0 Å². The molecule has 0 unspecified atom stereocenters. The number of hydrogen-bond acceptors (Lipinski definition) is 1. The first-order chi connectivity index (χ1) is 23.0. The molecule has 1 aromatic heterocycles. The Bertz CT molecular complexity index is 2450. The highest BCUT2D eigenvalue weighted by Crippen LogP contribution is 2.43. The van der Waals surface area contributed by atoms with E-state index in [9.17, 15) is 0 Å². The van der Waals surface area contributed by atoms with Crippen LogP contribution < -0.4 is 21.1 Å². The Morgan fingerprint density at radius 3 is 2.02 bits per heavy atom. The van der Waals surface area contributed by atoms with Gasteiger partial charge in [-0.3, -0.25) is 0 Å². The lowest BCUT2D eigenvalue weighted by Crippen LogP contribution is -2.59. The van der Waals surface area contributed by atoms with Crippen LogP contribution in [0.25, 0.3) is 49.6 Å². The first-order valence-corrected chi connectivity index (χ1v) is 17.2. The van der Waals surface area contributed by atoms with Crippen LogP contribution in [0.4, 0.5) is 0 Å². The average molecular weight is 622 g/mol. The third-order valence-electron chi connectivity index (χ3n) is 10.7. The van der Waals surface area contributed by atoms with Crippen LogP contribution in [-0.2, 0) is 10.8 Å². The zero-order valence-electron chi connectivity index (χ0n) is 28.9. The molecule has 0 saturated heterocycles. The van der Waals surface area contributed by atoms with Gasteiger partial charge in [0.25, 0.3) is 6.71 Å². The summed E-state index contributed by atoms with van der Waals surface area (Å²) in [4.78, 5) is 0. The third kappa shape index (κ3) is 4.26. The van der Waals surface area contributed by atoms with E-state index in [1.54, 1.807) is 0 Å². The van der Waals surface area contributed by atoms with Crippen molar-refractivity contribution in [3.63, 3.8) is 0 Å². The van der Waals surface area contributed by atoms with Crippen LogP contribution in [0.2, 0.25) is 0 Å². The highest BCUT2D eigenvalue weighted by atomic mass is 16.5. The molecule has 9 rings (SSSR count). The van der Waals surface area contributed by atoms with E-state index in [1.807, 2.05) is 0 Å². The summed E-state index contributed by atoms with van der Waals surface area (Å²) in [6, 6.07) is 42.9. The van der Waals surface area contributed by atoms with Gasteiger partial charge >= 0.3 is 0 Å². The number of benzene rings is 6. The summed E-state index contributed by atoms with van der Waals surface area (Å²) in [6.45, 7) is 16.3. The maximum atomic E-state index is 6.97. The molecule has 3 heterocycles. The van der Waals surface area contributed by atoms with Gasteiger partial charge in [0.05, 0.1) is 0 Å². The Labute approximate surface area is 284 Å². The van der Waals surface area contributed by atoms with Crippen molar-refractivity contribution in [3.05, 3.63) is 132 Å². The molecular formula is C45H40BNO. The molecule has 0 amide bonds. The van der Waals surface area contributed by atoms with E-state index in [1.165, 1.54) is 82.8 Å². The highest BCUT2D eigenvalue weighted by Gasteiger charge is 2.42. The minimum Gasteiger partial charge on any atom is -0.458 e. The molecule has 0 spiro atoms. The van der Waals surface area contributed by atoms with E-state index >= 15 is 0 Å². The molecule has 7 aromatic rings. The Balaban J connectivity index is 1.42. The Morgan fingerprint density at radius 2 is 1.27 bits per heavy atom. The molecule has 48 heavy (non-hydrogen) atoms. The van der Waals surface area contributed by atoms with E-state index in [-0.39, 0.29) is 17.5 Å². The molecule has 2 aliphatic rings. The lowest BCUT2D eigenvalue weighted by Gasteiger charge is -2.35. The van der Waals surface area contributed by atoms with Crippen molar-refractivity contribution in [2.24, 2.45) is 0 Å². The van der Waals surface area contributed by atoms with E-state index in [0.717, 1.165) is 11.5 Å². The summed E-state index contributed by atoms with van der Waals surface area (Å²) in [6.07, 6.45) is 0. The van der Waals surface area contributed by atoms with Gasteiger partial charge in [0, 0.05) is 27.8 Å². The largest absolute Gasteiger partial charge is 0.458 e. The van der Waals surface area contributed by atoms with Crippen molar-refractivity contribution in [2.45, 2.75) is 59.3 Å². The molecule has 2 aliphatic heterocycles. The molecule has 0 bridgehead atoms. The summed E-state index contributed by atoms with van der Waals surface area (Å²) in [5.74, 6) is 1.91. The first-order valence-electron chi connectivity index (χ1n) is 17.2. The molecule has 0 aliphatic carbocycles. The molecular weight excluding hydrogens is 581 g/mol. The van der Waals surface area contributed by atoms with Crippen LogP contribution in [0.15, 0.2) is 115 Å². The minimum atomic E-state index is -0.0149. The second kappa shape index (κ2) is 10.00. The second-order valence-electron chi connectivity index (χ2n) is 15.9. The summed E-state index contributed by atoms with van der Waals surface area (Å²) in [7, 11) is 0. The smallest absolute Gasteiger partial charge is 0.256 e. The van der Waals surface area contributed by atoms with Gasteiger partial charge in [-0.2, -0.15) is 0 Å². The second-order valence-corrected chi connectivity index (χ2v) is 15.9. The topological polar surface area (TPSA) is 14.2 Å². The van der Waals surface area contributed by atoms with Crippen LogP contribution in [0.1, 0.15) is 58.4 Å². The van der Waals surface area contributed by atoms with E-state index in [0.29, 0.717) is 0 Å². The molecule has 0 atom stereocenters. The molecule has 0 N–H and O–H groups in total. The molecule has 0 radical (unpaired) electrons. The summed E-state index contributed by atoms with van der Waals surface area (Å²) >= 11 is 0. The average Bonchev–Trinajstić information content (AvgIpc) is 3.37. The Hall–Kier alpha value is -5.02. The van der Waals surface area contributed by atoms with Gasteiger partial charge in [0.15, 0.2) is 0 Å². The number of nitrogens with zero attached hydrogens (tertiary/aromatic N) is 1. The predicted octanol–water partition coefficient (Wildman–Crippen LogP) is 9.96. The normalized spacial score (nSPS) is 13.4. The quantitative estimate of drug-likeness (QED) is 0.175. The standard InChI is InChI=1S/C45H40BNO/c1-27-41(29-14-9-8-10-15-29)35-24-34(45(5,6)7)26-37-43(35)47(27)38-22-32(31-18-17-28-13-11-12-16-30(28)21-31)23-40-42(38)46(37)36-25-33(44(2,3)4)19-20-39(36)48-40/h8-26H,1-7H3. The summed E-state index contributed by atoms with van der Waals surface area (Å²) in [5.41, 5.74) is 15.3. The number of ether oxygens (including phenoxy) is 1. The lowest BCUT2D eigenvalue weighted by molar-refractivity contribution is 0.486. The molecule has 6 aromatic carbocycles. The summed E-state index contributed by atoms with van der Waals surface area (Å²) < 4.78 is 9.51. The van der Waals surface area contributed by atoms with Gasteiger partial charge in [0.2, 0.25) is 0 Å². The maximum Gasteiger partial charge on any atom is 0.256 e. The Kier molecular flexibility index (Phi) is 6.07. The monoisotopic (exact) mass is 621 g/mol. The minimum absolute atomic E-state index is 0.0149. The lowest BCUT2D eigenvalue weighted by atomic mass is 9.34. The predicted molar refractivity (Wildman–Crippen MR) is 205 cm³/mol. The van der Waals surface area contributed by atoms with Gasteiger partial charge in [-0.1, -0.05) is 126 Å². The van der Waals surface area contributed by atoms with Gasteiger partial charge in [-0.05, 0) is 103 Å². The highest BCUT2D eigenvalue weighted by molar-refractivity contribution is 6.99. The van der Waals surface area contributed by atoms with Gasteiger partial charge in [-0.25, -0.2) is 0 Å². The van der Waals surface area contributed by atoms with E-state index in [4.69, 9.17) is 4.74 Å². The van der Waals surface area contributed by atoms with Gasteiger partial charge in [-0.15, -0.1) is 0 Å². The number of fused-ring (bicyclic) bond motifs is 5. The van der Waals surface area contributed by atoms with Crippen LogP contribution in [0.3, 0.4) is 0 Å². The van der Waals surface area contributed by atoms with E-state index in [2.05, 4.69) is 168 Å². The third-order valence-corrected chi connectivity index (χ3v) is 10.7. The molecule has 234 valence electrons. The van der Waals surface area contributed by atoms with Crippen molar-refractivity contribution in [3.8, 4) is 39.4 Å². The van der Waals surface area contributed by atoms with Crippen LogP contribution in [0, 0.1) is 6.92 Å². The van der Waals surface area contributed by atoms with Crippen LogP contribution >= 0.6 is 0 Å². The first kappa shape index (κ1) is 29.1. The van der Waals surface area contributed by atoms with Gasteiger partial charge < -0.3 is 9.30 Å². The molecule has 3 heteroatoms. The van der Waals surface area contributed by atoms with Crippen LogP contribution in [0.5, 0.6) is 11.5 Å². The van der Waals surface area contributed by atoms with Crippen molar-refractivity contribution in [1.29, 1.82) is 0 Å². The SMILES string of the molecule is Cc1c(-c2ccccc2)c2cc(C(C)(C)C)cc3c2n1-c1cc(-c2ccc4ccccc4c2)cc2c1B3c1cc(C(C)(C)C)ccc1O2. The number of rotatable bonds is 2. The van der Waals surface area contributed by atoms with Crippen molar-refractivity contribution >= 4 is 44.8 Å². The fourth-order valence-corrected chi connectivity index (χ4v) is 8.13. The van der Waals surface area contributed by atoms with Crippen LogP contribution in [-0.4, -0.2) is 11.3 Å². The summed E-state index contributed by atoms with van der Waals surface area (Å²) in [5, 5.41) is 3.81. The molecule has 0 fully saturated rings.